The van der Waals surface area contributed by atoms with Crippen LogP contribution in [0, 0.1) is 0 Å². The van der Waals surface area contributed by atoms with Gasteiger partial charge in [0.2, 0.25) is 0 Å². The Kier molecular flexibility index (Phi) is 9.37. The molecule has 1 aliphatic carbocycles. The average molecular weight is 479 g/mol. The molecule has 1 heteroatoms. The Hall–Kier alpha value is -2.64. The van der Waals surface area contributed by atoms with E-state index in [1.807, 2.05) is 0 Å². The van der Waals surface area contributed by atoms with Gasteiger partial charge in [-0.3, -0.25) is 0 Å². The highest BCUT2D eigenvalue weighted by atomic mass is 28.2. The number of aryl methyl sites for hydroxylation is 2. The van der Waals surface area contributed by atoms with Gasteiger partial charge in [0, 0.05) is 0 Å². The standard InChI is InChI=1S/C34H42Si/c1-4-7-12-26-18-22-28(23-19-26)31-15-10-17-33(35-32-16-9-14-29(32)11-6-3)34(31)30-24-20-27(21-25-30)13-8-5-2/h9-10,14-15,17-25H,4-8,11-13,16,35H2,1-3H3. The maximum absolute atomic E-state index is 2.42. The van der Waals surface area contributed by atoms with Crippen LogP contribution in [-0.4, -0.2) is 9.52 Å². The quantitative estimate of drug-likeness (QED) is 0.229. The highest BCUT2D eigenvalue weighted by Crippen LogP contribution is 2.32. The SMILES string of the molecule is CCCCc1ccc(-c2cccc([SiH2]C3=C(CCC)C=CC3)c2-c2ccc(CCCC)cc2)cc1. The molecule has 0 saturated heterocycles. The van der Waals surface area contributed by atoms with Gasteiger partial charge in [-0.1, -0.05) is 135 Å². The predicted molar refractivity (Wildman–Crippen MR) is 158 cm³/mol. The van der Waals surface area contributed by atoms with E-state index in [0.29, 0.717) is 0 Å². The van der Waals surface area contributed by atoms with Crippen LogP contribution < -0.4 is 5.19 Å². The van der Waals surface area contributed by atoms with E-state index in [1.165, 1.54) is 84.7 Å². The van der Waals surface area contributed by atoms with Gasteiger partial charge in [0.25, 0.3) is 0 Å². The number of hydrogen-bond donors (Lipinski definition) is 0. The maximum Gasteiger partial charge on any atom is 0.0840 e. The zero-order valence-corrected chi connectivity index (χ0v) is 23.5. The molecule has 0 fully saturated rings. The van der Waals surface area contributed by atoms with Crippen LogP contribution in [0.15, 0.2) is 89.7 Å². The lowest BCUT2D eigenvalue weighted by Crippen LogP contribution is -2.20. The van der Waals surface area contributed by atoms with E-state index in [1.54, 1.807) is 16.0 Å². The summed E-state index contributed by atoms with van der Waals surface area (Å²) in [6.07, 6.45) is 15.8. The summed E-state index contributed by atoms with van der Waals surface area (Å²) < 4.78 is 0. The van der Waals surface area contributed by atoms with Gasteiger partial charge in [-0.25, -0.2) is 0 Å². The van der Waals surface area contributed by atoms with Crippen molar-refractivity contribution in [2.24, 2.45) is 0 Å². The zero-order chi connectivity index (χ0) is 24.5. The Bertz CT molecular complexity index is 1150. The molecule has 3 aromatic rings. The molecule has 0 unspecified atom stereocenters. The minimum Gasteiger partial charge on any atom is -0.0806 e. The van der Waals surface area contributed by atoms with Crippen LogP contribution >= 0.6 is 0 Å². The van der Waals surface area contributed by atoms with E-state index < -0.39 is 9.52 Å². The fourth-order valence-electron chi connectivity index (χ4n) is 5.32. The molecular formula is C34H42Si. The molecule has 35 heavy (non-hydrogen) atoms. The monoisotopic (exact) mass is 478 g/mol. The smallest absolute Gasteiger partial charge is 0.0806 e. The van der Waals surface area contributed by atoms with Crippen LogP contribution in [0.5, 0.6) is 0 Å². The second-order valence-electron chi connectivity index (χ2n) is 10.1. The van der Waals surface area contributed by atoms with Gasteiger partial charge < -0.3 is 0 Å². The topological polar surface area (TPSA) is 0 Å². The first kappa shape index (κ1) is 25.4. The Labute approximate surface area is 216 Å². The summed E-state index contributed by atoms with van der Waals surface area (Å²) >= 11 is 0. The molecule has 0 saturated carbocycles. The lowest BCUT2D eigenvalue weighted by molar-refractivity contribution is 0.795. The molecule has 182 valence electrons. The summed E-state index contributed by atoms with van der Waals surface area (Å²) in [5.74, 6) is 0. The molecule has 0 radical (unpaired) electrons. The van der Waals surface area contributed by atoms with Gasteiger partial charge in [-0.15, -0.1) is 0 Å². The van der Waals surface area contributed by atoms with Crippen LogP contribution in [0.1, 0.15) is 76.8 Å². The van der Waals surface area contributed by atoms with Crippen molar-refractivity contribution < 1.29 is 0 Å². The predicted octanol–water partition coefficient (Wildman–Crippen LogP) is 8.51. The van der Waals surface area contributed by atoms with E-state index in [0.717, 1.165) is 6.42 Å². The van der Waals surface area contributed by atoms with Crippen LogP contribution in [-0.2, 0) is 12.8 Å². The number of unbranched alkanes of at least 4 members (excludes halogenated alkanes) is 2. The third kappa shape index (κ3) is 6.52. The first-order chi connectivity index (χ1) is 17.2. The van der Waals surface area contributed by atoms with Crippen molar-refractivity contribution in [2.45, 2.75) is 78.6 Å². The van der Waals surface area contributed by atoms with Crippen molar-refractivity contribution in [3.63, 3.8) is 0 Å². The molecule has 4 rings (SSSR count). The molecule has 0 N–H and O–H groups in total. The Morgan fingerprint density at radius 2 is 1.29 bits per heavy atom. The number of benzene rings is 3. The minimum absolute atomic E-state index is 0.527. The second kappa shape index (κ2) is 12.9. The Balaban J connectivity index is 1.75. The molecule has 0 aromatic heterocycles. The molecular weight excluding hydrogens is 436 g/mol. The van der Waals surface area contributed by atoms with Crippen LogP contribution in [0.25, 0.3) is 22.3 Å². The van der Waals surface area contributed by atoms with Crippen molar-refractivity contribution in [2.75, 3.05) is 0 Å². The average Bonchev–Trinajstić information content (AvgIpc) is 3.33. The molecule has 0 nitrogen and oxygen atoms in total. The van der Waals surface area contributed by atoms with Crippen molar-refractivity contribution in [1.29, 1.82) is 0 Å². The largest absolute Gasteiger partial charge is 0.0840 e. The van der Waals surface area contributed by atoms with Gasteiger partial charge in [0.1, 0.15) is 0 Å². The van der Waals surface area contributed by atoms with Crippen molar-refractivity contribution >= 4 is 14.7 Å². The van der Waals surface area contributed by atoms with E-state index in [-0.39, 0.29) is 0 Å². The summed E-state index contributed by atoms with van der Waals surface area (Å²) in [7, 11) is -0.527. The van der Waals surface area contributed by atoms with Gasteiger partial charge in [0.15, 0.2) is 0 Å². The van der Waals surface area contributed by atoms with E-state index >= 15 is 0 Å². The van der Waals surface area contributed by atoms with E-state index in [4.69, 9.17) is 0 Å². The second-order valence-corrected chi connectivity index (χ2v) is 12.1. The summed E-state index contributed by atoms with van der Waals surface area (Å²) in [4.78, 5) is 0. The zero-order valence-electron chi connectivity index (χ0n) is 22.1. The van der Waals surface area contributed by atoms with Crippen molar-refractivity contribution in [3.05, 3.63) is 101 Å². The third-order valence-corrected chi connectivity index (χ3v) is 9.50. The molecule has 0 aliphatic heterocycles. The Morgan fingerprint density at radius 1 is 0.657 bits per heavy atom. The van der Waals surface area contributed by atoms with Gasteiger partial charge in [-0.2, -0.15) is 0 Å². The van der Waals surface area contributed by atoms with Crippen LogP contribution in [0.2, 0.25) is 0 Å². The van der Waals surface area contributed by atoms with Gasteiger partial charge in [-0.05, 0) is 71.9 Å². The molecule has 1 aliphatic rings. The van der Waals surface area contributed by atoms with Crippen molar-refractivity contribution in [3.8, 4) is 22.3 Å². The molecule has 0 spiro atoms. The minimum atomic E-state index is -0.527. The highest BCUT2D eigenvalue weighted by molar-refractivity contribution is 6.63. The molecule has 0 heterocycles. The number of rotatable bonds is 12. The normalized spacial score (nSPS) is 13.5. The van der Waals surface area contributed by atoms with E-state index in [9.17, 15) is 0 Å². The van der Waals surface area contributed by atoms with Gasteiger partial charge >= 0.3 is 0 Å². The van der Waals surface area contributed by atoms with E-state index in [2.05, 4.69) is 99.7 Å². The maximum atomic E-state index is 2.42. The van der Waals surface area contributed by atoms with Crippen LogP contribution in [0.4, 0.5) is 0 Å². The Morgan fingerprint density at radius 3 is 1.89 bits per heavy atom. The molecule has 0 bridgehead atoms. The van der Waals surface area contributed by atoms with Gasteiger partial charge in [0.05, 0.1) is 9.52 Å². The highest BCUT2D eigenvalue weighted by Gasteiger charge is 2.17. The summed E-state index contributed by atoms with van der Waals surface area (Å²) in [5.41, 5.74) is 10.1. The first-order valence-electron chi connectivity index (χ1n) is 13.9. The lowest BCUT2D eigenvalue weighted by atomic mass is 9.92. The summed E-state index contributed by atoms with van der Waals surface area (Å²) in [5, 5.41) is 3.32. The number of hydrogen-bond acceptors (Lipinski definition) is 0. The fraction of sp³-hybridized carbons (Fsp3) is 0.353. The molecule has 3 aromatic carbocycles. The first-order valence-corrected chi connectivity index (χ1v) is 15.3. The molecule has 0 atom stereocenters. The summed E-state index contributed by atoms with van der Waals surface area (Å²) in [6.45, 7) is 6.84. The lowest BCUT2D eigenvalue weighted by Gasteiger charge is -2.18. The number of allylic oxidation sites excluding steroid dienone is 4. The van der Waals surface area contributed by atoms with Crippen molar-refractivity contribution in [1.82, 2.24) is 0 Å². The van der Waals surface area contributed by atoms with Crippen LogP contribution in [0.3, 0.4) is 0 Å². The fourth-order valence-corrected chi connectivity index (χ4v) is 7.43. The summed E-state index contributed by atoms with van der Waals surface area (Å²) in [6, 6.07) is 25.9. The molecule has 0 amide bonds. The third-order valence-electron chi connectivity index (χ3n) is 7.36.